The molecule has 20 heavy (non-hydrogen) atoms. The van der Waals surface area contributed by atoms with Crippen molar-refractivity contribution in [2.45, 2.75) is 65.1 Å². The summed E-state index contributed by atoms with van der Waals surface area (Å²) in [6.07, 6.45) is 7.76. The summed E-state index contributed by atoms with van der Waals surface area (Å²) in [4.78, 5) is 0. The third-order valence-corrected chi connectivity index (χ3v) is 9.05. The molecule has 0 radical (unpaired) electrons. The molecule has 0 aromatic rings. The van der Waals surface area contributed by atoms with Crippen molar-refractivity contribution in [1.82, 2.24) is 0 Å². The van der Waals surface area contributed by atoms with Crippen molar-refractivity contribution in [2.75, 3.05) is 19.8 Å². The number of hydrogen-bond donors (Lipinski definition) is 0. The summed E-state index contributed by atoms with van der Waals surface area (Å²) in [7, 11) is -2.36. The lowest BCUT2D eigenvalue weighted by molar-refractivity contribution is -0.0647. The van der Waals surface area contributed by atoms with Gasteiger partial charge in [-0.3, -0.25) is 0 Å². The van der Waals surface area contributed by atoms with Crippen LogP contribution in [0.5, 0.6) is 0 Å². The number of rotatable bonds is 8. The Hall–Kier alpha value is -0.163. The first kappa shape index (κ1) is 17.9. The van der Waals surface area contributed by atoms with Gasteiger partial charge in [-0.2, -0.15) is 0 Å². The fraction of sp³-hybridized carbons (Fsp3) is 0.875. The predicted molar refractivity (Wildman–Crippen MR) is 86.0 cm³/mol. The molecular formula is C16H32O3Si. The van der Waals surface area contributed by atoms with Crippen LogP contribution in [0.15, 0.2) is 12.2 Å². The van der Waals surface area contributed by atoms with E-state index in [1.54, 1.807) is 0 Å². The fourth-order valence-electron chi connectivity index (χ4n) is 3.77. The zero-order valence-corrected chi connectivity index (χ0v) is 14.9. The standard InChI is InChI=1S/C16H32O3Si/c1-6-12-15-13-11-14-20(18-9-4,19-10-5)16(15,7-2)17-8-3/h6,12,15H,7-11,13-14H2,1-5H3. The Morgan fingerprint density at radius 2 is 1.75 bits per heavy atom. The van der Waals surface area contributed by atoms with E-state index in [-0.39, 0.29) is 5.22 Å². The quantitative estimate of drug-likeness (QED) is 0.496. The monoisotopic (exact) mass is 300 g/mol. The molecule has 1 aliphatic rings. The van der Waals surface area contributed by atoms with Crippen molar-refractivity contribution in [1.29, 1.82) is 0 Å². The Labute approximate surface area is 125 Å². The van der Waals surface area contributed by atoms with Gasteiger partial charge in [-0.1, -0.05) is 25.5 Å². The first-order chi connectivity index (χ1) is 9.66. The Balaban J connectivity index is 3.26. The molecule has 1 aliphatic heterocycles. The van der Waals surface area contributed by atoms with Gasteiger partial charge >= 0.3 is 8.56 Å². The Morgan fingerprint density at radius 1 is 1.10 bits per heavy atom. The molecule has 0 amide bonds. The number of ether oxygens (including phenoxy) is 1. The molecule has 2 unspecified atom stereocenters. The lowest BCUT2D eigenvalue weighted by Crippen LogP contribution is -2.69. The molecule has 0 spiro atoms. The minimum atomic E-state index is -2.36. The average molecular weight is 301 g/mol. The minimum absolute atomic E-state index is 0.238. The summed E-state index contributed by atoms with van der Waals surface area (Å²) in [6, 6.07) is 1.05. The van der Waals surface area contributed by atoms with Gasteiger partial charge in [0.25, 0.3) is 0 Å². The second-order valence-corrected chi connectivity index (χ2v) is 8.75. The molecule has 1 rings (SSSR count). The van der Waals surface area contributed by atoms with Crippen LogP contribution >= 0.6 is 0 Å². The SMILES string of the molecule is CC=CC1CCC[Si](OCC)(OCC)C1(CC)OCC. The highest BCUT2D eigenvalue weighted by molar-refractivity contribution is 6.71. The lowest BCUT2D eigenvalue weighted by atomic mass is 9.93. The molecule has 0 bridgehead atoms. The van der Waals surface area contributed by atoms with E-state index in [1.165, 1.54) is 12.8 Å². The van der Waals surface area contributed by atoms with Gasteiger partial charge in [-0.15, -0.1) is 0 Å². The Kier molecular flexibility index (Phi) is 7.44. The van der Waals surface area contributed by atoms with Gasteiger partial charge in [-0.05, 0) is 46.6 Å². The van der Waals surface area contributed by atoms with Crippen molar-refractivity contribution in [2.24, 2.45) is 5.92 Å². The zero-order valence-electron chi connectivity index (χ0n) is 13.9. The normalized spacial score (nSPS) is 29.9. The van der Waals surface area contributed by atoms with Crippen LogP contribution < -0.4 is 0 Å². The van der Waals surface area contributed by atoms with Gasteiger partial charge in [0.2, 0.25) is 0 Å². The van der Waals surface area contributed by atoms with Crippen LogP contribution in [0.2, 0.25) is 6.04 Å². The number of hydrogen-bond acceptors (Lipinski definition) is 3. The average Bonchev–Trinajstić information content (AvgIpc) is 2.44. The third kappa shape index (κ3) is 3.19. The summed E-state index contributed by atoms with van der Waals surface area (Å²) < 4.78 is 19.0. The molecule has 2 atom stereocenters. The highest BCUT2D eigenvalue weighted by Gasteiger charge is 2.62. The molecule has 0 aromatic heterocycles. The van der Waals surface area contributed by atoms with Crippen LogP contribution in [0.1, 0.15) is 53.9 Å². The van der Waals surface area contributed by atoms with E-state index in [0.717, 1.165) is 19.1 Å². The maximum atomic E-state index is 6.37. The first-order valence-corrected chi connectivity index (χ1v) is 10.2. The van der Waals surface area contributed by atoms with Crippen molar-refractivity contribution in [3.8, 4) is 0 Å². The summed E-state index contributed by atoms with van der Waals surface area (Å²) in [5.74, 6) is 0.413. The number of allylic oxidation sites excluding steroid dienone is 1. The van der Waals surface area contributed by atoms with E-state index in [4.69, 9.17) is 13.6 Å². The summed E-state index contributed by atoms with van der Waals surface area (Å²) >= 11 is 0. The second-order valence-electron chi connectivity index (χ2n) is 5.32. The van der Waals surface area contributed by atoms with E-state index in [0.29, 0.717) is 19.1 Å². The largest absolute Gasteiger partial charge is 0.393 e. The van der Waals surface area contributed by atoms with Crippen molar-refractivity contribution in [3.05, 3.63) is 12.2 Å². The van der Waals surface area contributed by atoms with E-state index < -0.39 is 8.56 Å². The van der Waals surface area contributed by atoms with Crippen LogP contribution in [0, 0.1) is 5.92 Å². The molecule has 118 valence electrons. The molecule has 1 heterocycles. The molecule has 0 N–H and O–H groups in total. The molecule has 0 saturated carbocycles. The van der Waals surface area contributed by atoms with E-state index in [2.05, 4.69) is 46.8 Å². The van der Waals surface area contributed by atoms with Crippen molar-refractivity contribution in [3.63, 3.8) is 0 Å². The highest BCUT2D eigenvalue weighted by atomic mass is 28.4. The fourth-order valence-corrected chi connectivity index (χ4v) is 8.37. The van der Waals surface area contributed by atoms with E-state index in [1.807, 2.05) is 0 Å². The summed E-state index contributed by atoms with van der Waals surface area (Å²) in [6.45, 7) is 12.7. The Bertz CT molecular complexity index is 295. The Morgan fingerprint density at radius 3 is 2.20 bits per heavy atom. The van der Waals surface area contributed by atoms with E-state index in [9.17, 15) is 0 Å². The zero-order chi connectivity index (χ0) is 15.1. The van der Waals surface area contributed by atoms with Crippen molar-refractivity contribution >= 4 is 8.56 Å². The van der Waals surface area contributed by atoms with Crippen molar-refractivity contribution < 1.29 is 13.6 Å². The van der Waals surface area contributed by atoms with Crippen LogP contribution in [-0.4, -0.2) is 33.6 Å². The maximum absolute atomic E-state index is 6.37. The third-order valence-electron chi connectivity index (χ3n) is 4.37. The van der Waals surface area contributed by atoms with Gasteiger partial charge < -0.3 is 13.6 Å². The molecule has 4 heteroatoms. The molecule has 0 aromatic carbocycles. The van der Waals surface area contributed by atoms with Crippen LogP contribution in [0.3, 0.4) is 0 Å². The van der Waals surface area contributed by atoms with E-state index >= 15 is 0 Å². The van der Waals surface area contributed by atoms with Gasteiger partial charge in [-0.25, -0.2) is 0 Å². The van der Waals surface area contributed by atoms with Crippen LogP contribution in [-0.2, 0) is 13.6 Å². The van der Waals surface area contributed by atoms with Gasteiger partial charge in [0.05, 0.1) is 0 Å². The minimum Gasteiger partial charge on any atom is -0.393 e. The van der Waals surface area contributed by atoms with Gasteiger partial charge in [0.15, 0.2) is 0 Å². The first-order valence-electron chi connectivity index (χ1n) is 8.20. The summed E-state index contributed by atoms with van der Waals surface area (Å²) in [5, 5.41) is -0.238. The molecular weight excluding hydrogens is 268 g/mol. The highest BCUT2D eigenvalue weighted by Crippen LogP contribution is 2.47. The van der Waals surface area contributed by atoms with Crippen LogP contribution in [0.4, 0.5) is 0 Å². The van der Waals surface area contributed by atoms with Gasteiger partial charge in [0, 0.05) is 25.7 Å². The predicted octanol–water partition coefficient (Wildman–Crippen LogP) is 4.21. The van der Waals surface area contributed by atoms with Gasteiger partial charge in [0.1, 0.15) is 5.22 Å². The second kappa shape index (κ2) is 8.32. The maximum Gasteiger partial charge on any atom is 0.371 e. The molecule has 1 fully saturated rings. The smallest absolute Gasteiger partial charge is 0.371 e. The van der Waals surface area contributed by atoms with Crippen LogP contribution in [0.25, 0.3) is 0 Å². The lowest BCUT2D eigenvalue weighted by Gasteiger charge is -2.52. The molecule has 0 aliphatic carbocycles. The molecule has 3 nitrogen and oxygen atoms in total. The topological polar surface area (TPSA) is 27.7 Å². The summed E-state index contributed by atoms with van der Waals surface area (Å²) in [5.41, 5.74) is 0. The molecule has 1 saturated heterocycles.